The fourth-order valence-electron chi connectivity index (χ4n) is 1.80. The van der Waals surface area contributed by atoms with Crippen molar-refractivity contribution in [2.45, 2.75) is 58.8 Å². The number of nitriles is 1. The van der Waals surface area contributed by atoms with E-state index in [9.17, 15) is 0 Å². The van der Waals surface area contributed by atoms with Gasteiger partial charge in [0.05, 0.1) is 12.6 Å². The Balaban J connectivity index is 3.33. The van der Waals surface area contributed by atoms with E-state index in [0.29, 0.717) is 6.54 Å². The number of hydrogen-bond acceptors (Lipinski definition) is 2. The quantitative estimate of drug-likeness (QED) is 0.407. The van der Waals surface area contributed by atoms with E-state index in [4.69, 9.17) is 5.26 Å². The van der Waals surface area contributed by atoms with Crippen LogP contribution in [0.25, 0.3) is 0 Å². The van der Waals surface area contributed by atoms with E-state index in [1.54, 1.807) is 0 Å². The molecular formula is C13H26N2. The Kier molecular flexibility index (Phi) is 11.1. The molecule has 0 unspecified atom stereocenters. The molecule has 2 heteroatoms. The summed E-state index contributed by atoms with van der Waals surface area (Å²) in [5, 5.41) is 8.64. The van der Waals surface area contributed by atoms with Crippen molar-refractivity contribution in [2.75, 3.05) is 19.6 Å². The molecule has 15 heavy (non-hydrogen) atoms. The number of hydrogen-bond donors (Lipinski definition) is 0. The summed E-state index contributed by atoms with van der Waals surface area (Å²) >= 11 is 0. The molecule has 0 aromatic rings. The average Bonchev–Trinajstić information content (AvgIpc) is 2.24. The third-order valence-corrected chi connectivity index (χ3v) is 2.66. The second kappa shape index (κ2) is 11.5. The van der Waals surface area contributed by atoms with Crippen molar-refractivity contribution in [3.05, 3.63) is 0 Å². The highest BCUT2D eigenvalue weighted by molar-refractivity contribution is 4.75. The Labute approximate surface area is 95.3 Å². The SMILES string of the molecule is CCCCCCCCN(CC#N)CCC. The van der Waals surface area contributed by atoms with E-state index in [1.165, 1.54) is 38.5 Å². The predicted octanol–water partition coefficient (Wildman–Crippen LogP) is 3.58. The molecule has 0 aromatic carbocycles. The van der Waals surface area contributed by atoms with Crippen molar-refractivity contribution in [2.24, 2.45) is 0 Å². The maximum atomic E-state index is 8.64. The van der Waals surface area contributed by atoms with Crippen LogP contribution in [0, 0.1) is 11.3 Å². The molecule has 0 amide bonds. The van der Waals surface area contributed by atoms with E-state index in [-0.39, 0.29) is 0 Å². The van der Waals surface area contributed by atoms with E-state index in [2.05, 4.69) is 24.8 Å². The van der Waals surface area contributed by atoms with Gasteiger partial charge in [0.25, 0.3) is 0 Å². The zero-order chi connectivity index (χ0) is 11.4. The van der Waals surface area contributed by atoms with Gasteiger partial charge in [-0.1, -0.05) is 46.0 Å². The molecule has 0 rings (SSSR count). The Morgan fingerprint density at radius 1 is 0.867 bits per heavy atom. The molecule has 0 aliphatic heterocycles. The van der Waals surface area contributed by atoms with Crippen molar-refractivity contribution in [3.63, 3.8) is 0 Å². The second-order valence-corrected chi connectivity index (χ2v) is 4.20. The van der Waals surface area contributed by atoms with E-state index in [1.807, 2.05) is 0 Å². The van der Waals surface area contributed by atoms with Gasteiger partial charge in [0.2, 0.25) is 0 Å². The third-order valence-electron chi connectivity index (χ3n) is 2.66. The van der Waals surface area contributed by atoms with Crippen LogP contribution < -0.4 is 0 Å². The highest BCUT2D eigenvalue weighted by Gasteiger charge is 2.01. The van der Waals surface area contributed by atoms with Gasteiger partial charge in [-0.2, -0.15) is 5.26 Å². The Bertz CT molecular complexity index is 160. The highest BCUT2D eigenvalue weighted by atomic mass is 15.1. The molecule has 0 bridgehead atoms. The van der Waals surface area contributed by atoms with Crippen LogP contribution in [-0.4, -0.2) is 24.5 Å². The summed E-state index contributed by atoms with van der Waals surface area (Å²) in [6.45, 7) is 7.19. The zero-order valence-corrected chi connectivity index (χ0v) is 10.5. The molecule has 2 nitrogen and oxygen atoms in total. The normalized spacial score (nSPS) is 10.5. The Morgan fingerprint density at radius 2 is 1.53 bits per heavy atom. The van der Waals surface area contributed by atoms with Crippen LogP contribution in [0.1, 0.15) is 58.8 Å². The lowest BCUT2D eigenvalue weighted by molar-refractivity contribution is 0.297. The van der Waals surface area contributed by atoms with Gasteiger partial charge in [-0.15, -0.1) is 0 Å². The summed E-state index contributed by atoms with van der Waals surface area (Å²) in [5.74, 6) is 0. The molecular weight excluding hydrogens is 184 g/mol. The first kappa shape index (κ1) is 14.5. The monoisotopic (exact) mass is 210 g/mol. The lowest BCUT2D eigenvalue weighted by Gasteiger charge is -2.17. The van der Waals surface area contributed by atoms with Gasteiger partial charge < -0.3 is 0 Å². The van der Waals surface area contributed by atoms with Crippen LogP contribution in [0.5, 0.6) is 0 Å². The van der Waals surface area contributed by atoms with Crippen LogP contribution in [-0.2, 0) is 0 Å². The summed E-state index contributed by atoms with van der Waals surface area (Å²) in [4.78, 5) is 2.26. The van der Waals surface area contributed by atoms with Crippen LogP contribution in [0.2, 0.25) is 0 Å². The largest absolute Gasteiger partial charge is 0.291 e. The topological polar surface area (TPSA) is 27.0 Å². The zero-order valence-electron chi connectivity index (χ0n) is 10.5. The second-order valence-electron chi connectivity index (χ2n) is 4.20. The van der Waals surface area contributed by atoms with Crippen molar-refractivity contribution >= 4 is 0 Å². The third kappa shape index (κ3) is 9.75. The Morgan fingerprint density at radius 3 is 2.13 bits per heavy atom. The van der Waals surface area contributed by atoms with E-state index >= 15 is 0 Å². The van der Waals surface area contributed by atoms with Crippen molar-refractivity contribution < 1.29 is 0 Å². The van der Waals surface area contributed by atoms with Crippen molar-refractivity contribution in [1.29, 1.82) is 5.26 Å². The number of nitrogens with zero attached hydrogens (tertiary/aromatic N) is 2. The molecule has 0 saturated heterocycles. The van der Waals surface area contributed by atoms with E-state index < -0.39 is 0 Å². The molecule has 88 valence electrons. The molecule has 0 fully saturated rings. The molecule has 0 spiro atoms. The predicted molar refractivity (Wildman–Crippen MR) is 65.7 cm³/mol. The maximum Gasteiger partial charge on any atom is 0.0865 e. The van der Waals surface area contributed by atoms with Crippen LogP contribution >= 0.6 is 0 Å². The standard InChI is InChI=1S/C13H26N2/c1-3-5-6-7-8-9-12-15(11-4-2)13-10-14/h3-9,11-13H2,1-2H3. The first-order valence-electron chi connectivity index (χ1n) is 6.44. The minimum absolute atomic E-state index is 0.600. The molecule has 0 saturated carbocycles. The molecule has 0 atom stereocenters. The number of unbranched alkanes of at least 4 members (excludes halogenated alkanes) is 5. The summed E-state index contributed by atoms with van der Waals surface area (Å²) < 4.78 is 0. The minimum Gasteiger partial charge on any atom is -0.291 e. The van der Waals surface area contributed by atoms with Gasteiger partial charge in [0.15, 0.2) is 0 Å². The molecule has 0 radical (unpaired) electrons. The molecule has 0 heterocycles. The minimum atomic E-state index is 0.600. The highest BCUT2D eigenvalue weighted by Crippen LogP contribution is 2.06. The summed E-state index contributed by atoms with van der Waals surface area (Å²) in [6.07, 6.45) is 9.16. The molecule has 0 aromatic heterocycles. The fourth-order valence-corrected chi connectivity index (χ4v) is 1.80. The van der Waals surface area contributed by atoms with E-state index in [0.717, 1.165) is 19.5 Å². The van der Waals surface area contributed by atoms with Gasteiger partial charge in [0.1, 0.15) is 0 Å². The first-order valence-corrected chi connectivity index (χ1v) is 6.44. The fraction of sp³-hybridized carbons (Fsp3) is 0.923. The summed E-state index contributed by atoms with van der Waals surface area (Å²) in [5.41, 5.74) is 0. The Hall–Kier alpha value is -0.550. The maximum absolute atomic E-state index is 8.64. The molecule has 0 aliphatic carbocycles. The van der Waals surface area contributed by atoms with Gasteiger partial charge in [-0.05, 0) is 25.9 Å². The van der Waals surface area contributed by atoms with Gasteiger partial charge in [-0.25, -0.2) is 0 Å². The van der Waals surface area contributed by atoms with Crippen LogP contribution in [0.15, 0.2) is 0 Å². The van der Waals surface area contributed by atoms with Crippen LogP contribution in [0.3, 0.4) is 0 Å². The summed E-state index contributed by atoms with van der Waals surface area (Å²) in [7, 11) is 0. The number of rotatable bonds is 10. The first-order chi connectivity index (χ1) is 7.35. The average molecular weight is 210 g/mol. The molecule has 0 N–H and O–H groups in total. The van der Waals surface area contributed by atoms with Gasteiger partial charge >= 0.3 is 0 Å². The van der Waals surface area contributed by atoms with Crippen molar-refractivity contribution in [3.8, 4) is 6.07 Å². The lowest BCUT2D eigenvalue weighted by Crippen LogP contribution is -2.26. The van der Waals surface area contributed by atoms with Gasteiger partial charge in [0, 0.05) is 0 Å². The van der Waals surface area contributed by atoms with Gasteiger partial charge in [-0.3, -0.25) is 4.90 Å². The smallest absolute Gasteiger partial charge is 0.0865 e. The summed E-state index contributed by atoms with van der Waals surface area (Å²) in [6, 6.07) is 2.24. The van der Waals surface area contributed by atoms with Crippen molar-refractivity contribution in [1.82, 2.24) is 4.90 Å². The van der Waals surface area contributed by atoms with Crippen LogP contribution in [0.4, 0.5) is 0 Å². The molecule has 0 aliphatic rings. The lowest BCUT2D eigenvalue weighted by atomic mass is 10.1.